The summed E-state index contributed by atoms with van der Waals surface area (Å²) in [5.41, 5.74) is 1.22. The van der Waals surface area contributed by atoms with Crippen LogP contribution in [-0.2, 0) is 4.74 Å². The van der Waals surface area contributed by atoms with Gasteiger partial charge in [0.1, 0.15) is 6.10 Å². The summed E-state index contributed by atoms with van der Waals surface area (Å²) >= 11 is 0. The fraction of sp³-hybridized carbons (Fsp3) is 0.167. The lowest BCUT2D eigenvalue weighted by atomic mass is 10.2. The van der Waals surface area contributed by atoms with Crippen LogP contribution in [0, 0.1) is 0 Å². The molecule has 0 amide bonds. The first-order valence-corrected chi connectivity index (χ1v) is 4.49. The molecular weight excluding hydrogens is 160 g/mol. The van der Waals surface area contributed by atoms with Crippen molar-refractivity contribution in [3.63, 3.8) is 0 Å². The van der Waals surface area contributed by atoms with Crippen molar-refractivity contribution in [3.05, 3.63) is 54.3 Å². The number of ether oxygens (including phenoxy) is 1. The van der Waals surface area contributed by atoms with Crippen LogP contribution >= 0.6 is 0 Å². The average molecular weight is 172 g/mol. The molecule has 1 atom stereocenters. The third kappa shape index (κ3) is 2.22. The molecule has 0 saturated heterocycles. The molecule has 66 valence electrons. The zero-order valence-electron chi connectivity index (χ0n) is 7.39. The summed E-state index contributed by atoms with van der Waals surface area (Å²) in [6.45, 7) is 0. The molecule has 1 heterocycles. The van der Waals surface area contributed by atoms with E-state index in [4.69, 9.17) is 4.74 Å². The Morgan fingerprint density at radius 1 is 1.23 bits per heavy atom. The molecule has 1 nitrogen and oxygen atoms in total. The van der Waals surface area contributed by atoms with Crippen molar-refractivity contribution in [3.8, 4) is 0 Å². The van der Waals surface area contributed by atoms with Crippen LogP contribution in [0.15, 0.2) is 48.7 Å². The molecule has 0 saturated carbocycles. The molecule has 0 bridgehead atoms. The van der Waals surface area contributed by atoms with Gasteiger partial charge in [-0.2, -0.15) is 0 Å². The number of hydrogen-bond donors (Lipinski definition) is 0. The van der Waals surface area contributed by atoms with Crippen LogP contribution in [0.25, 0.3) is 6.08 Å². The van der Waals surface area contributed by atoms with Crippen LogP contribution in [0.4, 0.5) is 0 Å². The number of benzene rings is 1. The van der Waals surface area contributed by atoms with Gasteiger partial charge in [-0.25, -0.2) is 0 Å². The zero-order valence-corrected chi connectivity index (χ0v) is 7.39. The molecule has 1 unspecified atom stereocenters. The summed E-state index contributed by atoms with van der Waals surface area (Å²) in [5, 5.41) is 0. The first kappa shape index (κ1) is 8.11. The lowest BCUT2D eigenvalue weighted by Gasteiger charge is -2.02. The Morgan fingerprint density at radius 2 is 2.08 bits per heavy atom. The van der Waals surface area contributed by atoms with E-state index in [0.717, 1.165) is 6.42 Å². The van der Waals surface area contributed by atoms with Crippen molar-refractivity contribution in [1.82, 2.24) is 0 Å². The fourth-order valence-electron chi connectivity index (χ4n) is 1.31. The molecule has 2 rings (SSSR count). The van der Waals surface area contributed by atoms with Gasteiger partial charge >= 0.3 is 0 Å². The maximum absolute atomic E-state index is 5.31. The molecule has 1 aliphatic rings. The van der Waals surface area contributed by atoms with Crippen molar-refractivity contribution in [2.24, 2.45) is 0 Å². The SMILES string of the molecule is C1=COC(/C=C/c2ccccc2)C1. The standard InChI is InChI=1S/C12H12O/c1-2-5-11(6-3-1)8-9-12-7-4-10-13-12/h1-6,8-10,12H,7H2/b9-8+. The van der Waals surface area contributed by atoms with Crippen LogP contribution in [0.5, 0.6) is 0 Å². The van der Waals surface area contributed by atoms with Crippen LogP contribution in [0.3, 0.4) is 0 Å². The maximum Gasteiger partial charge on any atom is 0.120 e. The highest BCUT2D eigenvalue weighted by atomic mass is 16.5. The van der Waals surface area contributed by atoms with Gasteiger partial charge in [0.2, 0.25) is 0 Å². The third-order valence-electron chi connectivity index (χ3n) is 2.02. The van der Waals surface area contributed by atoms with E-state index in [1.54, 1.807) is 6.26 Å². The normalized spacial score (nSPS) is 20.8. The second kappa shape index (κ2) is 3.94. The number of hydrogen-bond acceptors (Lipinski definition) is 1. The van der Waals surface area contributed by atoms with Crippen LogP contribution in [-0.4, -0.2) is 6.10 Å². The van der Waals surface area contributed by atoms with Crippen LogP contribution in [0.1, 0.15) is 12.0 Å². The Balaban J connectivity index is 1.97. The minimum Gasteiger partial charge on any atom is -0.494 e. The van der Waals surface area contributed by atoms with E-state index in [0.29, 0.717) is 0 Å². The molecule has 0 N–H and O–H groups in total. The Bertz CT molecular complexity index is 303. The van der Waals surface area contributed by atoms with Gasteiger partial charge in [0, 0.05) is 6.42 Å². The van der Waals surface area contributed by atoms with Gasteiger partial charge in [0.05, 0.1) is 6.26 Å². The summed E-state index contributed by atoms with van der Waals surface area (Å²) in [6.07, 6.45) is 9.22. The minimum absolute atomic E-state index is 0.236. The summed E-state index contributed by atoms with van der Waals surface area (Å²) in [6, 6.07) is 10.3. The van der Waals surface area contributed by atoms with E-state index < -0.39 is 0 Å². The summed E-state index contributed by atoms with van der Waals surface area (Å²) in [5.74, 6) is 0. The third-order valence-corrected chi connectivity index (χ3v) is 2.02. The Morgan fingerprint density at radius 3 is 2.77 bits per heavy atom. The summed E-state index contributed by atoms with van der Waals surface area (Å²) in [4.78, 5) is 0. The van der Waals surface area contributed by atoms with Gasteiger partial charge in [0.15, 0.2) is 0 Å². The first-order chi connectivity index (χ1) is 6.45. The molecular formula is C12H12O. The number of rotatable bonds is 2. The van der Waals surface area contributed by atoms with Gasteiger partial charge in [-0.3, -0.25) is 0 Å². The largest absolute Gasteiger partial charge is 0.494 e. The van der Waals surface area contributed by atoms with Crippen molar-refractivity contribution >= 4 is 6.08 Å². The van der Waals surface area contributed by atoms with E-state index in [9.17, 15) is 0 Å². The molecule has 0 aromatic heterocycles. The molecule has 1 heteroatoms. The van der Waals surface area contributed by atoms with Gasteiger partial charge in [-0.05, 0) is 17.7 Å². The van der Waals surface area contributed by atoms with Gasteiger partial charge in [0.25, 0.3) is 0 Å². The van der Waals surface area contributed by atoms with Crippen LogP contribution in [0.2, 0.25) is 0 Å². The summed E-state index contributed by atoms with van der Waals surface area (Å²) < 4.78 is 5.31. The van der Waals surface area contributed by atoms with E-state index >= 15 is 0 Å². The van der Waals surface area contributed by atoms with E-state index in [2.05, 4.69) is 24.3 Å². The van der Waals surface area contributed by atoms with Gasteiger partial charge in [-0.1, -0.05) is 36.4 Å². The molecule has 0 radical (unpaired) electrons. The summed E-state index contributed by atoms with van der Waals surface area (Å²) in [7, 11) is 0. The van der Waals surface area contributed by atoms with Crippen molar-refractivity contribution in [2.45, 2.75) is 12.5 Å². The zero-order chi connectivity index (χ0) is 8.93. The highest BCUT2D eigenvalue weighted by Crippen LogP contribution is 2.11. The van der Waals surface area contributed by atoms with E-state index in [1.165, 1.54) is 5.56 Å². The first-order valence-electron chi connectivity index (χ1n) is 4.49. The molecule has 1 aromatic rings. The highest BCUT2D eigenvalue weighted by Gasteiger charge is 2.05. The second-order valence-electron chi connectivity index (χ2n) is 3.05. The lowest BCUT2D eigenvalue weighted by Crippen LogP contribution is -1.97. The molecule has 0 fully saturated rings. The van der Waals surface area contributed by atoms with E-state index in [1.807, 2.05) is 24.3 Å². The highest BCUT2D eigenvalue weighted by molar-refractivity contribution is 5.49. The second-order valence-corrected chi connectivity index (χ2v) is 3.05. The molecule has 0 aliphatic carbocycles. The predicted molar refractivity (Wildman–Crippen MR) is 54.1 cm³/mol. The quantitative estimate of drug-likeness (QED) is 0.666. The van der Waals surface area contributed by atoms with E-state index in [-0.39, 0.29) is 6.10 Å². The maximum atomic E-state index is 5.31. The van der Waals surface area contributed by atoms with Crippen LogP contribution < -0.4 is 0 Å². The van der Waals surface area contributed by atoms with Gasteiger partial charge < -0.3 is 4.74 Å². The van der Waals surface area contributed by atoms with Crippen molar-refractivity contribution in [2.75, 3.05) is 0 Å². The topological polar surface area (TPSA) is 9.23 Å². The smallest absolute Gasteiger partial charge is 0.120 e. The molecule has 1 aliphatic heterocycles. The minimum atomic E-state index is 0.236. The molecule has 0 spiro atoms. The Kier molecular flexibility index (Phi) is 2.46. The monoisotopic (exact) mass is 172 g/mol. The Hall–Kier alpha value is -1.50. The predicted octanol–water partition coefficient (Wildman–Crippen LogP) is 3.00. The average Bonchev–Trinajstić information content (AvgIpc) is 2.69. The molecule has 1 aromatic carbocycles. The van der Waals surface area contributed by atoms with Crippen molar-refractivity contribution < 1.29 is 4.74 Å². The molecule has 13 heavy (non-hydrogen) atoms. The lowest BCUT2D eigenvalue weighted by molar-refractivity contribution is 0.215. The fourth-order valence-corrected chi connectivity index (χ4v) is 1.31. The Labute approximate surface area is 78.3 Å². The van der Waals surface area contributed by atoms with Gasteiger partial charge in [-0.15, -0.1) is 0 Å². The van der Waals surface area contributed by atoms with Crippen molar-refractivity contribution in [1.29, 1.82) is 0 Å².